The van der Waals surface area contributed by atoms with Crippen LogP contribution in [0.15, 0.2) is 0 Å². The summed E-state index contributed by atoms with van der Waals surface area (Å²) in [5, 5.41) is 39.0. The molecule has 72 valence electrons. The third-order valence-corrected chi connectivity index (χ3v) is 0. The predicted octanol–water partition coefficient (Wildman–Crippen LogP) is 0.185. The molecule has 0 aliphatic carbocycles. The molecule has 0 atom stereocenters. The second-order valence-corrected chi connectivity index (χ2v) is 0. The summed E-state index contributed by atoms with van der Waals surface area (Å²) in [4.78, 5) is 0. The molecule has 9 heteroatoms. The molecule has 0 N–H and O–H groups in total. The first kappa shape index (κ1) is 81.5. The standard InChI is InChI=1S/6CHN.Cd.Fe.K.H/c6*1-2;;;;/h6*1H;;;;. The zero-order valence-corrected chi connectivity index (χ0v) is 12.3. The summed E-state index contributed by atoms with van der Waals surface area (Å²) in [6, 6.07) is 0. The van der Waals surface area contributed by atoms with Crippen LogP contribution in [0.1, 0.15) is 0 Å². The van der Waals surface area contributed by atoms with E-state index in [2.05, 4.69) is 39.4 Å². The Hall–Kier alpha value is 0.0179. The van der Waals surface area contributed by atoms with E-state index < -0.39 is 0 Å². The van der Waals surface area contributed by atoms with E-state index in [4.69, 9.17) is 31.6 Å². The van der Waals surface area contributed by atoms with E-state index in [1.54, 1.807) is 0 Å². The fourth-order valence-electron chi connectivity index (χ4n) is 0. The van der Waals surface area contributed by atoms with E-state index in [9.17, 15) is 0 Å². The first-order valence-corrected chi connectivity index (χ1v) is 1.55. The van der Waals surface area contributed by atoms with Gasteiger partial charge in [0.05, 0.1) is 0 Å². The summed E-state index contributed by atoms with van der Waals surface area (Å²) in [5.74, 6) is 0. The number of rotatable bonds is 0. The van der Waals surface area contributed by atoms with Gasteiger partial charge in [-0.05, 0) is 0 Å². The van der Waals surface area contributed by atoms with E-state index in [1.165, 1.54) is 0 Å². The molecule has 15 heavy (non-hydrogen) atoms. The molecule has 0 aliphatic rings. The van der Waals surface area contributed by atoms with Crippen LogP contribution in [0.5, 0.6) is 0 Å². The van der Waals surface area contributed by atoms with Crippen molar-refractivity contribution in [3.05, 3.63) is 0 Å². The molecule has 0 aromatic carbocycles. The Morgan fingerprint density at radius 3 is 0.400 bits per heavy atom. The average molecular weight is 371 g/mol. The van der Waals surface area contributed by atoms with Crippen molar-refractivity contribution in [2.24, 2.45) is 0 Å². The van der Waals surface area contributed by atoms with Crippen LogP contribution in [0, 0.1) is 71.0 Å². The summed E-state index contributed by atoms with van der Waals surface area (Å²) in [7, 11) is 0. The van der Waals surface area contributed by atoms with Crippen LogP contribution in [-0.4, -0.2) is 51.4 Å². The third-order valence-electron chi connectivity index (χ3n) is 0. The van der Waals surface area contributed by atoms with E-state index >= 15 is 0 Å². The molecular formula is C6H7CdFeKN6. The van der Waals surface area contributed by atoms with Gasteiger partial charge in [0.15, 0.2) is 0 Å². The molecule has 0 radical (unpaired) electrons. The molecule has 0 amide bonds. The first-order valence-electron chi connectivity index (χ1n) is 1.55. The van der Waals surface area contributed by atoms with Gasteiger partial charge in [0, 0.05) is 83.8 Å². The summed E-state index contributed by atoms with van der Waals surface area (Å²) in [6.07, 6.45) is 0. The Morgan fingerprint density at radius 2 is 0.400 bits per heavy atom. The van der Waals surface area contributed by atoms with Crippen LogP contribution in [0.3, 0.4) is 0 Å². The second-order valence-electron chi connectivity index (χ2n) is 0. The summed E-state index contributed by atoms with van der Waals surface area (Å²) in [5.41, 5.74) is 0. The van der Waals surface area contributed by atoms with Gasteiger partial charge in [0.1, 0.15) is 0 Å². The van der Waals surface area contributed by atoms with Crippen molar-refractivity contribution >= 4 is 51.4 Å². The van der Waals surface area contributed by atoms with Crippen molar-refractivity contribution in [2.75, 3.05) is 0 Å². The zero-order valence-electron chi connectivity index (χ0n) is 7.21. The molecule has 0 aromatic rings. The Labute approximate surface area is 164 Å². The molecule has 0 aliphatic heterocycles. The summed E-state index contributed by atoms with van der Waals surface area (Å²) >= 11 is 0. The third kappa shape index (κ3) is 6300000. The van der Waals surface area contributed by atoms with Crippen LogP contribution in [0.25, 0.3) is 0 Å². The molecule has 0 bridgehead atoms. The Morgan fingerprint density at radius 1 is 0.400 bits per heavy atom. The Kier molecular flexibility index (Phi) is 40200000. The quantitative estimate of drug-likeness (QED) is 0.557. The maximum atomic E-state index is 6.50. The molecular weight excluding hydrogens is 363 g/mol. The van der Waals surface area contributed by atoms with Crippen molar-refractivity contribution < 1.29 is 44.4 Å². The number of nitriles is 6. The maximum absolute atomic E-state index is 6.50. The molecule has 0 spiro atoms. The zero-order chi connectivity index (χ0) is 12.0. The van der Waals surface area contributed by atoms with Gasteiger partial charge in [-0.3, -0.25) is 0 Å². The molecule has 0 heterocycles. The van der Waals surface area contributed by atoms with E-state index in [0.717, 1.165) is 0 Å². The minimum absolute atomic E-state index is 0. The van der Waals surface area contributed by atoms with Crippen LogP contribution in [-0.2, 0) is 44.4 Å². The van der Waals surface area contributed by atoms with Gasteiger partial charge in [0.2, 0.25) is 0 Å². The van der Waals surface area contributed by atoms with Gasteiger partial charge in [0.25, 0.3) is 0 Å². The van der Waals surface area contributed by atoms with Crippen molar-refractivity contribution in [1.82, 2.24) is 0 Å². The van der Waals surface area contributed by atoms with Gasteiger partial charge in [-0.25, -0.2) is 31.6 Å². The van der Waals surface area contributed by atoms with Crippen LogP contribution < -0.4 is 0 Å². The Bertz CT molecular complexity index is 103. The van der Waals surface area contributed by atoms with Crippen molar-refractivity contribution in [3.8, 4) is 39.4 Å². The van der Waals surface area contributed by atoms with Gasteiger partial charge < -0.3 is 0 Å². The van der Waals surface area contributed by atoms with Crippen molar-refractivity contribution in [2.45, 2.75) is 0 Å². The van der Waals surface area contributed by atoms with Gasteiger partial charge in [-0.2, -0.15) is 0 Å². The molecule has 0 saturated heterocycles. The van der Waals surface area contributed by atoms with E-state index in [0.29, 0.717) is 0 Å². The number of hydrogen-bond donors (Lipinski definition) is 0. The SMILES string of the molecule is C#N.C#N.C#N.C#N.C#N.C#N.[Cd].[Fe].[KH]. The topological polar surface area (TPSA) is 143 Å². The predicted molar refractivity (Wildman–Crippen MR) is 47.2 cm³/mol. The van der Waals surface area contributed by atoms with E-state index in [1.807, 2.05) is 0 Å². The van der Waals surface area contributed by atoms with Crippen LogP contribution in [0.2, 0.25) is 0 Å². The second kappa shape index (κ2) is 7400000. The molecule has 0 fully saturated rings. The molecule has 0 saturated carbocycles. The molecule has 6 nitrogen and oxygen atoms in total. The molecule has 0 unspecified atom stereocenters. The van der Waals surface area contributed by atoms with Crippen LogP contribution >= 0.6 is 0 Å². The monoisotopic (exact) mass is 372 g/mol. The fraction of sp³-hybridized carbons (Fsp3) is 0. The Balaban J connectivity index is -0.00000000396. The van der Waals surface area contributed by atoms with Crippen LogP contribution in [0.4, 0.5) is 0 Å². The normalized spacial score (nSPS) is 0.800. The van der Waals surface area contributed by atoms with Crippen molar-refractivity contribution in [3.63, 3.8) is 0 Å². The summed E-state index contributed by atoms with van der Waals surface area (Å²) < 4.78 is 0. The number of nitrogens with zero attached hydrogens (tertiary/aromatic N) is 6. The average Bonchev–Trinajstić information content (AvgIpc) is 2.33. The van der Waals surface area contributed by atoms with Crippen molar-refractivity contribution in [1.29, 1.82) is 31.6 Å². The van der Waals surface area contributed by atoms with Gasteiger partial charge >= 0.3 is 51.4 Å². The number of hydrogen-bond acceptors (Lipinski definition) is 6. The van der Waals surface area contributed by atoms with E-state index in [-0.39, 0.29) is 95.8 Å². The van der Waals surface area contributed by atoms with Gasteiger partial charge in [-0.15, -0.1) is 0 Å². The molecule has 0 aromatic heterocycles. The molecule has 0 rings (SSSR count). The fourth-order valence-corrected chi connectivity index (χ4v) is 0. The summed E-state index contributed by atoms with van der Waals surface area (Å²) in [6.45, 7) is 21.0. The minimum atomic E-state index is 0. The first-order chi connectivity index (χ1) is 6.00. The van der Waals surface area contributed by atoms with Gasteiger partial charge in [-0.1, -0.05) is 0 Å².